The van der Waals surface area contributed by atoms with Crippen molar-refractivity contribution in [1.82, 2.24) is 19.8 Å². The number of H-pyrrole nitrogens is 1. The van der Waals surface area contributed by atoms with Crippen LogP contribution >= 0.6 is 0 Å². The van der Waals surface area contributed by atoms with Gasteiger partial charge in [-0.25, -0.2) is 14.6 Å². The van der Waals surface area contributed by atoms with Crippen LogP contribution < -0.4 is 5.32 Å². The predicted octanol–water partition coefficient (Wildman–Crippen LogP) is 1.70. The van der Waals surface area contributed by atoms with Crippen LogP contribution in [0.1, 0.15) is 44.2 Å². The van der Waals surface area contributed by atoms with E-state index in [-0.39, 0.29) is 30.3 Å². The Balaban J connectivity index is 1.85. The lowest BCUT2D eigenvalue weighted by Gasteiger charge is -2.34. The van der Waals surface area contributed by atoms with Crippen molar-refractivity contribution in [1.29, 1.82) is 0 Å². The summed E-state index contributed by atoms with van der Waals surface area (Å²) in [5, 5.41) is 2.74. The molecule has 9 heteroatoms. The predicted molar refractivity (Wildman–Crippen MR) is 95.8 cm³/mol. The molecule has 0 aromatic carbocycles. The molecule has 0 atom stereocenters. The van der Waals surface area contributed by atoms with Crippen LogP contribution in [0.25, 0.3) is 0 Å². The highest BCUT2D eigenvalue weighted by Gasteiger charge is 2.29. The lowest BCUT2D eigenvalue weighted by molar-refractivity contribution is -0.121. The summed E-state index contributed by atoms with van der Waals surface area (Å²) in [6.07, 6.45) is 2.61. The second-order valence-corrected chi connectivity index (χ2v) is 6.07. The van der Waals surface area contributed by atoms with Gasteiger partial charge in [0.05, 0.1) is 12.8 Å². The number of esters is 1. The third kappa shape index (κ3) is 4.74. The van der Waals surface area contributed by atoms with Crippen molar-refractivity contribution in [3.63, 3.8) is 0 Å². The lowest BCUT2D eigenvalue weighted by Crippen LogP contribution is -2.47. The van der Waals surface area contributed by atoms with Gasteiger partial charge in [0.1, 0.15) is 5.82 Å². The topological polar surface area (TPSA) is 108 Å². The molecule has 0 aliphatic carbocycles. The first-order valence-corrected chi connectivity index (χ1v) is 9.06. The van der Waals surface area contributed by atoms with E-state index in [1.54, 1.807) is 16.7 Å². The van der Waals surface area contributed by atoms with Crippen LogP contribution in [0, 0.1) is 5.92 Å². The molecule has 0 spiro atoms. The van der Waals surface area contributed by atoms with E-state index in [0.717, 1.165) is 0 Å². The van der Waals surface area contributed by atoms with Crippen molar-refractivity contribution in [3.8, 4) is 0 Å². The maximum Gasteiger partial charge on any atom is 0.374 e. The number of urea groups is 1. The molecule has 0 radical (unpaired) electrons. The number of imidazole rings is 1. The Morgan fingerprint density at radius 3 is 2.50 bits per heavy atom. The number of aromatic amines is 1. The standard InChI is InChI=1S/C17H27N5O4/c1-4-21(5-2)17(25)22-9-7-12(8-10-22)15(23)20-13-11-18-14(19-13)16(24)26-6-3/h11-12H,4-10H2,1-3H3,(H,18,19)(H,20,23). The highest BCUT2D eigenvalue weighted by atomic mass is 16.5. The summed E-state index contributed by atoms with van der Waals surface area (Å²) in [5.74, 6) is -0.457. The van der Waals surface area contributed by atoms with Gasteiger partial charge in [0.2, 0.25) is 11.7 Å². The van der Waals surface area contributed by atoms with Crippen LogP contribution in [0.2, 0.25) is 0 Å². The van der Waals surface area contributed by atoms with Gasteiger partial charge < -0.3 is 24.8 Å². The second kappa shape index (κ2) is 9.21. The molecule has 1 aromatic rings. The molecule has 2 heterocycles. The summed E-state index contributed by atoms with van der Waals surface area (Å²) in [6.45, 7) is 8.35. The quantitative estimate of drug-likeness (QED) is 0.746. The Labute approximate surface area is 153 Å². The van der Waals surface area contributed by atoms with Crippen LogP contribution in [0.5, 0.6) is 0 Å². The average molecular weight is 365 g/mol. The van der Waals surface area contributed by atoms with E-state index in [9.17, 15) is 14.4 Å². The van der Waals surface area contributed by atoms with Crippen molar-refractivity contribution >= 4 is 23.7 Å². The van der Waals surface area contributed by atoms with Crippen molar-refractivity contribution in [3.05, 3.63) is 12.0 Å². The zero-order valence-corrected chi connectivity index (χ0v) is 15.6. The van der Waals surface area contributed by atoms with E-state index < -0.39 is 5.97 Å². The summed E-state index contributed by atoms with van der Waals surface area (Å²) in [6, 6.07) is 0.0292. The average Bonchev–Trinajstić information content (AvgIpc) is 3.11. The fourth-order valence-corrected chi connectivity index (χ4v) is 2.95. The third-order valence-electron chi connectivity index (χ3n) is 4.47. The van der Waals surface area contributed by atoms with E-state index in [2.05, 4.69) is 15.3 Å². The van der Waals surface area contributed by atoms with Gasteiger partial charge >= 0.3 is 12.0 Å². The van der Waals surface area contributed by atoms with Gasteiger partial charge in [0.15, 0.2) is 0 Å². The van der Waals surface area contributed by atoms with Gasteiger partial charge in [0.25, 0.3) is 0 Å². The molecule has 1 fully saturated rings. The molecule has 9 nitrogen and oxygen atoms in total. The first-order valence-electron chi connectivity index (χ1n) is 9.06. The molecule has 1 aliphatic rings. The molecule has 3 amide bonds. The number of piperidine rings is 1. The molecule has 0 unspecified atom stereocenters. The highest BCUT2D eigenvalue weighted by Crippen LogP contribution is 2.20. The molecule has 1 aliphatic heterocycles. The minimum atomic E-state index is -0.559. The number of hydrogen-bond donors (Lipinski definition) is 2. The molecule has 1 aromatic heterocycles. The second-order valence-electron chi connectivity index (χ2n) is 6.07. The van der Waals surface area contributed by atoms with Crippen LogP contribution in [-0.4, -0.2) is 70.5 Å². The highest BCUT2D eigenvalue weighted by molar-refractivity contribution is 5.93. The lowest BCUT2D eigenvalue weighted by atomic mass is 9.96. The summed E-state index contributed by atoms with van der Waals surface area (Å²) in [7, 11) is 0. The number of aromatic nitrogens is 2. The van der Waals surface area contributed by atoms with E-state index >= 15 is 0 Å². The van der Waals surface area contributed by atoms with Crippen molar-refractivity contribution in [2.75, 3.05) is 38.1 Å². The van der Waals surface area contributed by atoms with E-state index in [0.29, 0.717) is 44.8 Å². The normalized spacial score (nSPS) is 14.8. The SMILES string of the molecule is CCOC(=O)c1ncc(NC(=O)C2CCN(C(=O)N(CC)CC)CC2)[nH]1. The molecule has 2 N–H and O–H groups in total. The molecule has 0 saturated carbocycles. The first kappa shape index (κ1) is 19.7. The maximum absolute atomic E-state index is 12.4. The van der Waals surface area contributed by atoms with Crippen molar-refractivity contribution in [2.45, 2.75) is 33.6 Å². The minimum absolute atomic E-state index is 0.0292. The number of rotatable bonds is 6. The summed E-state index contributed by atoms with van der Waals surface area (Å²) in [4.78, 5) is 46.5. The number of likely N-dealkylation sites (tertiary alicyclic amines) is 1. The zero-order valence-electron chi connectivity index (χ0n) is 15.6. The number of anilines is 1. The summed E-state index contributed by atoms with van der Waals surface area (Å²) in [5.41, 5.74) is 0. The van der Waals surface area contributed by atoms with E-state index in [1.807, 2.05) is 13.8 Å². The van der Waals surface area contributed by atoms with Crippen LogP contribution in [0.4, 0.5) is 10.6 Å². The van der Waals surface area contributed by atoms with Crippen LogP contribution in [-0.2, 0) is 9.53 Å². The monoisotopic (exact) mass is 365 g/mol. The van der Waals surface area contributed by atoms with Gasteiger partial charge in [-0.05, 0) is 33.6 Å². The number of ether oxygens (including phenoxy) is 1. The van der Waals surface area contributed by atoms with E-state index in [1.165, 1.54) is 6.20 Å². The van der Waals surface area contributed by atoms with Crippen LogP contribution in [0.3, 0.4) is 0 Å². The Kier molecular flexibility index (Phi) is 6.99. The summed E-state index contributed by atoms with van der Waals surface area (Å²) < 4.78 is 4.85. The maximum atomic E-state index is 12.4. The number of nitrogens with zero attached hydrogens (tertiary/aromatic N) is 3. The van der Waals surface area contributed by atoms with Crippen molar-refractivity contribution in [2.24, 2.45) is 5.92 Å². The molecule has 26 heavy (non-hydrogen) atoms. The van der Waals surface area contributed by atoms with Crippen molar-refractivity contribution < 1.29 is 19.1 Å². The number of amides is 3. The molecule has 0 bridgehead atoms. The number of carbonyl (C=O) groups is 3. The van der Waals surface area contributed by atoms with E-state index in [4.69, 9.17) is 4.74 Å². The Bertz CT molecular complexity index is 633. The molecule has 2 rings (SSSR count). The fraction of sp³-hybridized carbons (Fsp3) is 0.647. The van der Waals surface area contributed by atoms with Gasteiger partial charge in [-0.1, -0.05) is 0 Å². The zero-order chi connectivity index (χ0) is 19.1. The largest absolute Gasteiger partial charge is 0.460 e. The van der Waals surface area contributed by atoms with Gasteiger partial charge in [0, 0.05) is 32.1 Å². The first-order chi connectivity index (χ1) is 12.5. The van der Waals surface area contributed by atoms with Gasteiger partial charge in [-0.3, -0.25) is 4.79 Å². The Morgan fingerprint density at radius 2 is 1.92 bits per heavy atom. The van der Waals surface area contributed by atoms with Gasteiger partial charge in [-0.2, -0.15) is 0 Å². The molecule has 144 valence electrons. The number of nitrogens with one attached hydrogen (secondary N) is 2. The minimum Gasteiger partial charge on any atom is -0.460 e. The smallest absolute Gasteiger partial charge is 0.374 e. The number of carbonyl (C=O) groups excluding carboxylic acids is 3. The molecule has 1 saturated heterocycles. The Hall–Kier alpha value is -2.58. The van der Waals surface area contributed by atoms with Crippen LogP contribution in [0.15, 0.2) is 6.20 Å². The summed E-state index contributed by atoms with van der Waals surface area (Å²) >= 11 is 0. The third-order valence-corrected chi connectivity index (χ3v) is 4.47. The van der Waals surface area contributed by atoms with Gasteiger partial charge in [-0.15, -0.1) is 0 Å². The molecular weight excluding hydrogens is 338 g/mol. The number of hydrogen-bond acceptors (Lipinski definition) is 5. The fourth-order valence-electron chi connectivity index (χ4n) is 2.95. The Morgan fingerprint density at radius 1 is 1.27 bits per heavy atom. The molecular formula is C17H27N5O4.